The highest BCUT2D eigenvalue weighted by atomic mass is 19.1. The number of hydrogen-bond acceptors (Lipinski definition) is 3. The van der Waals surface area contributed by atoms with E-state index in [-0.39, 0.29) is 18.4 Å². The van der Waals surface area contributed by atoms with E-state index in [1.54, 1.807) is 6.07 Å². The summed E-state index contributed by atoms with van der Waals surface area (Å²) in [6.45, 7) is 0.471. The molecule has 1 aliphatic carbocycles. The minimum Gasteiger partial charge on any atom is -0.508 e. The lowest BCUT2D eigenvalue weighted by Gasteiger charge is -2.35. The average Bonchev–Trinajstić information content (AvgIpc) is 2.52. The molecule has 0 spiro atoms. The summed E-state index contributed by atoms with van der Waals surface area (Å²) in [6, 6.07) is 9.86. The van der Waals surface area contributed by atoms with Gasteiger partial charge in [0.25, 0.3) is 0 Å². The van der Waals surface area contributed by atoms with E-state index < -0.39 is 6.67 Å². The monoisotopic (exact) mass is 299 g/mol. The van der Waals surface area contributed by atoms with Gasteiger partial charge in [-0.25, -0.2) is 4.39 Å². The molecule has 22 heavy (non-hydrogen) atoms. The fourth-order valence-corrected chi connectivity index (χ4v) is 3.72. The molecule has 3 nitrogen and oxygen atoms in total. The first-order chi connectivity index (χ1) is 10.8. The summed E-state index contributed by atoms with van der Waals surface area (Å²) in [5.74, 6) is 0.981. The Hall–Kier alpha value is -2.07. The van der Waals surface area contributed by atoms with Crippen LogP contribution < -0.4 is 10.1 Å². The van der Waals surface area contributed by atoms with Crippen LogP contribution in [0.4, 0.5) is 4.39 Å². The third-order valence-corrected chi connectivity index (χ3v) is 4.52. The molecule has 1 unspecified atom stereocenters. The Labute approximate surface area is 128 Å². The lowest BCUT2D eigenvalue weighted by atomic mass is 9.77. The normalized spacial score (nSPS) is 18.5. The second kappa shape index (κ2) is 5.29. The highest BCUT2D eigenvalue weighted by Crippen LogP contribution is 2.47. The van der Waals surface area contributed by atoms with Gasteiger partial charge in [-0.15, -0.1) is 0 Å². The van der Waals surface area contributed by atoms with Crippen molar-refractivity contribution in [3.63, 3.8) is 0 Å². The number of fused-ring (bicyclic) bond motifs is 2. The van der Waals surface area contributed by atoms with Crippen molar-refractivity contribution in [2.75, 3.05) is 19.8 Å². The number of ether oxygens (including phenoxy) is 1. The van der Waals surface area contributed by atoms with Crippen LogP contribution in [0.3, 0.4) is 0 Å². The number of aromatic hydroxyl groups is 1. The molecule has 1 heterocycles. The number of phenols is 1. The maximum atomic E-state index is 12.5. The summed E-state index contributed by atoms with van der Waals surface area (Å²) in [7, 11) is 0. The molecule has 2 aliphatic rings. The summed E-state index contributed by atoms with van der Waals surface area (Å²) in [4.78, 5) is 0. The number of phenolic OH excluding ortho intramolecular Hbond substituents is 1. The number of benzene rings is 2. The molecule has 0 fully saturated rings. The van der Waals surface area contributed by atoms with Gasteiger partial charge in [-0.2, -0.15) is 0 Å². The van der Waals surface area contributed by atoms with Gasteiger partial charge < -0.3 is 15.2 Å². The molecule has 2 aromatic rings. The Balaban J connectivity index is 1.93. The SMILES string of the molecule is Oc1cc2c3c(c1)-c1c(cccc1OCCF)CC3NCC2. The van der Waals surface area contributed by atoms with Crippen molar-refractivity contribution < 1.29 is 14.2 Å². The molecular weight excluding hydrogens is 281 g/mol. The van der Waals surface area contributed by atoms with Crippen LogP contribution in [-0.4, -0.2) is 24.9 Å². The summed E-state index contributed by atoms with van der Waals surface area (Å²) < 4.78 is 18.1. The van der Waals surface area contributed by atoms with Gasteiger partial charge in [0, 0.05) is 11.6 Å². The average molecular weight is 299 g/mol. The Bertz CT molecular complexity index is 729. The van der Waals surface area contributed by atoms with E-state index in [0.717, 1.165) is 30.5 Å². The standard InChI is InChI=1S/C18H18FNO2/c19-5-7-22-16-3-1-2-11-9-15-17-12(4-6-20-15)8-13(21)10-14(17)18(11)16/h1-3,8,10,15,20-21H,4-7,9H2. The summed E-state index contributed by atoms with van der Waals surface area (Å²) >= 11 is 0. The predicted octanol–water partition coefficient (Wildman–Crippen LogP) is 3.15. The van der Waals surface area contributed by atoms with E-state index in [1.807, 2.05) is 18.2 Å². The zero-order valence-corrected chi connectivity index (χ0v) is 12.2. The first-order valence-corrected chi connectivity index (χ1v) is 7.68. The number of hydrogen-bond donors (Lipinski definition) is 2. The van der Waals surface area contributed by atoms with Gasteiger partial charge >= 0.3 is 0 Å². The Morgan fingerprint density at radius 1 is 1.27 bits per heavy atom. The van der Waals surface area contributed by atoms with Crippen LogP contribution in [0.2, 0.25) is 0 Å². The van der Waals surface area contributed by atoms with Crippen molar-refractivity contribution in [3.05, 3.63) is 47.0 Å². The van der Waals surface area contributed by atoms with E-state index in [0.29, 0.717) is 5.75 Å². The molecule has 2 N–H and O–H groups in total. The van der Waals surface area contributed by atoms with E-state index >= 15 is 0 Å². The summed E-state index contributed by atoms with van der Waals surface area (Å²) in [5, 5.41) is 13.6. The first-order valence-electron chi connectivity index (χ1n) is 7.68. The van der Waals surface area contributed by atoms with Crippen LogP contribution in [-0.2, 0) is 12.8 Å². The van der Waals surface area contributed by atoms with Crippen LogP contribution in [0.15, 0.2) is 30.3 Å². The second-order valence-corrected chi connectivity index (χ2v) is 5.85. The van der Waals surface area contributed by atoms with Gasteiger partial charge in [0.2, 0.25) is 0 Å². The summed E-state index contributed by atoms with van der Waals surface area (Å²) in [5.41, 5.74) is 5.66. The van der Waals surface area contributed by atoms with Crippen molar-refractivity contribution in [1.82, 2.24) is 5.32 Å². The molecule has 2 aromatic carbocycles. The van der Waals surface area contributed by atoms with Crippen LogP contribution >= 0.6 is 0 Å². The smallest absolute Gasteiger partial charge is 0.127 e. The van der Waals surface area contributed by atoms with E-state index in [2.05, 4.69) is 11.4 Å². The quantitative estimate of drug-likeness (QED) is 0.915. The molecule has 4 heteroatoms. The van der Waals surface area contributed by atoms with Gasteiger partial charge in [0.15, 0.2) is 0 Å². The first kappa shape index (κ1) is 13.6. The third kappa shape index (κ3) is 2.06. The molecule has 0 radical (unpaired) electrons. The van der Waals surface area contributed by atoms with Crippen LogP contribution in [0.25, 0.3) is 11.1 Å². The number of halogens is 1. The number of rotatable bonds is 3. The maximum absolute atomic E-state index is 12.5. The van der Waals surface area contributed by atoms with Crippen molar-refractivity contribution in [1.29, 1.82) is 0 Å². The Morgan fingerprint density at radius 3 is 3.05 bits per heavy atom. The van der Waals surface area contributed by atoms with Gasteiger partial charge in [0.1, 0.15) is 24.8 Å². The third-order valence-electron chi connectivity index (χ3n) is 4.52. The van der Waals surface area contributed by atoms with Crippen molar-refractivity contribution in [2.45, 2.75) is 18.9 Å². The van der Waals surface area contributed by atoms with Gasteiger partial charge in [0.05, 0.1) is 0 Å². The van der Waals surface area contributed by atoms with Crippen LogP contribution in [0.5, 0.6) is 11.5 Å². The maximum Gasteiger partial charge on any atom is 0.127 e. The zero-order valence-electron chi connectivity index (χ0n) is 12.2. The molecule has 1 aliphatic heterocycles. The van der Waals surface area contributed by atoms with Gasteiger partial charge in [-0.05, 0) is 59.8 Å². The molecule has 0 bridgehead atoms. The lowest BCUT2D eigenvalue weighted by Crippen LogP contribution is -2.33. The second-order valence-electron chi connectivity index (χ2n) is 5.85. The largest absolute Gasteiger partial charge is 0.508 e. The number of alkyl halides is 1. The van der Waals surface area contributed by atoms with Crippen molar-refractivity contribution in [2.24, 2.45) is 0 Å². The Kier molecular flexibility index (Phi) is 3.26. The fourth-order valence-electron chi connectivity index (χ4n) is 3.72. The van der Waals surface area contributed by atoms with E-state index in [9.17, 15) is 9.50 Å². The van der Waals surface area contributed by atoms with E-state index in [1.165, 1.54) is 16.7 Å². The Morgan fingerprint density at radius 2 is 2.18 bits per heavy atom. The van der Waals surface area contributed by atoms with Crippen LogP contribution in [0.1, 0.15) is 22.7 Å². The minimum absolute atomic E-state index is 0.0547. The molecule has 114 valence electrons. The molecule has 4 rings (SSSR count). The molecular formula is C18H18FNO2. The highest BCUT2D eigenvalue weighted by Gasteiger charge is 2.31. The molecule has 0 amide bonds. The molecule has 0 aromatic heterocycles. The minimum atomic E-state index is -0.508. The topological polar surface area (TPSA) is 41.5 Å². The molecule has 0 saturated carbocycles. The fraction of sp³-hybridized carbons (Fsp3) is 0.333. The predicted molar refractivity (Wildman–Crippen MR) is 83.2 cm³/mol. The van der Waals surface area contributed by atoms with Gasteiger partial charge in [-0.3, -0.25) is 0 Å². The van der Waals surface area contributed by atoms with Gasteiger partial charge in [-0.1, -0.05) is 12.1 Å². The summed E-state index contributed by atoms with van der Waals surface area (Å²) in [6.07, 6.45) is 1.81. The lowest BCUT2D eigenvalue weighted by molar-refractivity contribution is 0.274. The zero-order chi connectivity index (χ0) is 15.1. The van der Waals surface area contributed by atoms with Crippen molar-refractivity contribution in [3.8, 4) is 22.6 Å². The van der Waals surface area contributed by atoms with Crippen LogP contribution in [0, 0.1) is 0 Å². The van der Waals surface area contributed by atoms with Crippen molar-refractivity contribution >= 4 is 0 Å². The molecule has 1 atom stereocenters. The highest BCUT2D eigenvalue weighted by molar-refractivity contribution is 5.81. The number of nitrogens with one attached hydrogen (secondary N) is 1. The van der Waals surface area contributed by atoms with E-state index in [4.69, 9.17) is 4.74 Å². The molecule has 0 saturated heterocycles.